The van der Waals surface area contributed by atoms with E-state index >= 15 is 0 Å². The highest BCUT2D eigenvalue weighted by molar-refractivity contribution is 5.07. The van der Waals surface area contributed by atoms with Gasteiger partial charge in [0.25, 0.3) is 0 Å². The first-order chi connectivity index (χ1) is 9.76. The molecule has 1 heterocycles. The molecule has 0 aromatic carbocycles. The van der Waals surface area contributed by atoms with Gasteiger partial charge in [-0.2, -0.15) is 5.26 Å². The van der Waals surface area contributed by atoms with Crippen molar-refractivity contribution in [2.75, 3.05) is 26.7 Å². The number of nitrogens with zero attached hydrogens (tertiary/aromatic N) is 2. The van der Waals surface area contributed by atoms with Gasteiger partial charge < -0.3 is 10.1 Å². The van der Waals surface area contributed by atoms with Crippen LogP contribution in [0.2, 0.25) is 0 Å². The molecule has 3 fully saturated rings. The zero-order chi connectivity index (χ0) is 14.0. The average Bonchev–Trinajstić information content (AvgIpc) is 3.06. The lowest BCUT2D eigenvalue weighted by molar-refractivity contribution is 0.0964. The summed E-state index contributed by atoms with van der Waals surface area (Å²) in [4.78, 5) is 2.61. The Morgan fingerprint density at radius 2 is 2.15 bits per heavy atom. The van der Waals surface area contributed by atoms with Crippen molar-refractivity contribution in [1.82, 2.24) is 10.2 Å². The SMILES string of the molecule is COC1CCN([C@H]2CCC[C@H]2NCC2(C#N)CCC2)C1. The summed E-state index contributed by atoms with van der Waals surface area (Å²) in [5, 5.41) is 13.1. The molecule has 1 N–H and O–H groups in total. The molecule has 20 heavy (non-hydrogen) atoms. The molecule has 0 aromatic heterocycles. The van der Waals surface area contributed by atoms with Crippen molar-refractivity contribution >= 4 is 0 Å². The molecule has 1 aliphatic heterocycles. The molecule has 3 rings (SSSR count). The van der Waals surface area contributed by atoms with Crippen molar-refractivity contribution in [3.8, 4) is 6.07 Å². The van der Waals surface area contributed by atoms with Crippen LogP contribution in [-0.4, -0.2) is 49.8 Å². The topological polar surface area (TPSA) is 48.3 Å². The molecular weight excluding hydrogens is 250 g/mol. The van der Waals surface area contributed by atoms with E-state index in [1.807, 2.05) is 7.11 Å². The number of rotatable bonds is 5. The third kappa shape index (κ3) is 2.72. The highest BCUT2D eigenvalue weighted by atomic mass is 16.5. The van der Waals surface area contributed by atoms with E-state index in [0.717, 1.165) is 25.9 Å². The molecule has 1 saturated heterocycles. The third-order valence-corrected chi connectivity index (χ3v) is 5.71. The van der Waals surface area contributed by atoms with Crippen LogP contribution in [0.4, 0.5) is 0 Å². The summed E-state index contributed by atoms with van der Waals surface area (Å²) in [5.41, 5.74) is -0.0484. The van der Waals surface area contributed by atoms with Crippen LogP contribution in [-0.2, 0) is 4.74 Å². The minimum absolute atomic E-state index is 0.0484. The van der Waals surface area contributed by atoms with Crippen molar-refractivity contribution in [1.29, 1.82) is 5.26 Å². The van der Waals surface area contributed by atoms with Crippen LogP contribution in [0, 0.1) is 16.7 Å². The summed E-state index contributed by atoms with van der Waals surface area (Å²) in [6, 6.07) is 3.78. The van der Waals surface area contributed by atoms with Gasteiger partial charge in [0.1, 0.15) is 0 Å². The largest absolute Gasteiger partial charge is 0.380 e. The molecule has 4 nitrogen and oxygen atoms in total. The van der Waals surface area contributed by atoms with Gasteiger partial charge in [0, 0.05) is 38.8 Å². The van der Waals surface area contributed by atoms with E-state index in [4.69, 9.17) is 4.74 Å². The number of hydrogen-bond acceptors (Lipinski definition) is 4. The Labute approximate surface area is 122 Å². The average molecular weight is 277 g/mol. The van der Waals surface area contributed by atoms with Crippen LogP contribution >= 0.6 is 0 Å². The Balaban J connectivity index is 1.52. The predicted octanol–water partition coefficient (Wildman–Crippen LogP) is 1.91. The van der Waals surface area contributed by atoms with Gasteiger partial charge in [-0.05, 0) is 32.1 Å². The summed E-state index contributed by atoms with van der Waals surface area (Å²) in [5.74, 6) is 0. The zero-order valence-corrected chi connectivity index (χ0v) is 12.6. The van der Waals surface area contributed by atoms with Gasteiger partial charge in [-0.15, -0.1) is 0 Å². The maximum Gasteiger partial charge on any atom is 0.0710 e. The van der Waals surface area contributed by atoms with E-state index < -0.39 is 0 Å². The molecule has 3 aliphatic rings. The van der Waals surface area contributed by atoms with Gasteiger partial charge in [-0.25, -0.2) is 0 Å². The Hall–Kier alpha value is -0.630. The molecule has 1 unspecified atom stereocenters. The van der Waals surface area contributed by atoms with Crippen LogP contribution in [0.3, 0.4) is 0 Å². The fourth-order valence-electron chi connectivity index (χ4n) is 4.12. The van der Waals surface area contributed by atoms with E-state index in [9.17, 15) is 5.26 Å². The summed E-state index contributed by atoms with van der Waals surface area (Å²) >= 11 is 0. The molecule has 2 saturated carbocycles. The molecule has 0 spiro atoms. The van der Waals surface area contributed by atoms with Gasteiger partial charge in [0.15, 0.2) is 0 Å². The van der Waals surface area contributed by atoms with E-state index in [-0.39, 0.29) is 5.41 Å². The molecule has 0 aromatic rings. The highest BCUT2D eigenvalue weighted by Gasteiger charge is 2.40. The normalized spacial score (nSPS) is 36.7. The Morgan fingerprint density at radius 1 is 1.30 bits per heavy atom. The van der Waals surface area contributed by atoms with E-state index in [1.165, 1.54) is 38.6 Å². The summed E-state index contributed by atoms with van der Waals surface area (Å²) < 4.78 is 5.49. The van der Waals surface area contributed by atoms with E-state index in [0.29, 0.717) is 18.2 Å². The molecule has 3 atom stereocenters. The van der Waals surface area contributed by atoms with Crippen LogP contribution < -0.4 is 5.32 Å². The lowest BCUT2D eigenvalue weighted by Gasteiger charge is -2.38. The first-order valence-electron chi connectivity index (χ1n) is 8.18. The fraction of sp³-hybridized carbons (Fsp3) is 0.938. The minimum Gasteiger partial charge on any atom is -0.380 e. The lowest BCUT2D eigenvalue weighted by atomic mass is 9.70. The van der Waals surface area contributed by atoms with Crippen LogP contribution in [0.5, 0.6) is 0 Å². The molecule has 112 valence electrons. The molecule has 2 aliphatic carbocycles. The van der Waals surface area contributed by atoms with Crippen molar-refractivity contribution in [3.05, 3.63) is 0 Å². The molecule has 0 radical (unpaired) electrons. The van der Waals surface area contributed by atoms with E-state index in [1.54, 1.807) is 0 Å². The lowest BCUT2D eigenvalue weighted by Crippen LogP contribution is -2.50. The second-order valence-corrected chi connectivity index (χ2v) is 6.87. The van der Waals surface area contributed by atoms with Crippen molar-refractivity contribution in [2.45, 2.75) is 63.1 Å². The van der Waals surface area contributed by atoms with Gasteiger partial charge >= 0.3 is 0 Å². The molecular formula is C16H27N3O. The van der Waals surface area contributed by atoms with Gasteiger partial charge in [0.05, 0.1) is 17.6 Å². The summed E-state index contributed by atoms with van der Waals surface area (Å²) in [6.45, 7) is 3.15. The predicted molar refractivity (Wildman–Crippen MR) is 78.3 cm³/mol. The van der Waals surface area contributed by atoms with Gasteiger partial charge in [0.2, 0.25) is 0 Å². The van der Waals surface area contributed by atoms with Crippen LogP contribution in [0.15, 0.2) is 0 Å². The standard InChI is InChI=1S/C16H27N3O/c1-20-13-6-9-19(10-13)15-5-2-4-14(15)18-12-16(11-17)7-3-8-16/h13-15,18H,2-10,12H2,1H3/t13?,14-,15+/m1/s1. The van der Waals surface area contributed by atoms with Crippen molar-refractivity contribution < 1.29 is 4.74 Å². The van der Waals surface area contributed by atoms with Crippen LogP contribution in [0.25, 0.3) is 0 Å². The zero-order valence-electron chi connectivity index (χ0n) is 12.6. The van der Waals surface area contributed by atoms with Crippen molar-refractivity contribution in [3.63, 3.8) is 0 Å². The first kappa shape index (κ1) is 14.3. The monoisotopic (exact) mass is 277 g/mol. The summed E-state index contributed by atoms with van der Waals surface area (Å²) in [6.07, 6.45) is 8.87. The second kappa shape index (κ2) is 6.01. The minimum atomic E-state index is -0.0484. The first-order valence-corrected chi connectivity index (χ1v) is 8.18. The second-order valence-electron chi connectivity index (χ2n) is 6.87. The quantitative estimate of drug-likeness (QED) is 0.834. The Bertz CT molecular complexity index is 374. The number of nitrogens with one attached hydrogen (secondary N) is 1. The van der Waals surface area contributed by atoms with Gasteiger partial charge in [-0.3, -0.25) is 4.90 Å². The number of hydrogen-bond donors (Lipinski definition) is 1. The summed E-state index contributed by atoms with van der Waals surface area (Å²) in [7, 11) is 1.83. The highest BCUT2D eigenvalue weighted by Crippen LogP contribution is 2.40. The number of methoxy groups -OCH3 is 1. The number of ether oxygens (including phenoxy) is 1. The maximum absolute atomic E-state index is 9.34. The van der Waals surface area contributed by atoms with Crippen molar-refractivity contribution in [2.24, 2.45) is 5.41 Å². The number of likely N-dealkylation sites (tertiary alicyclic amines) is 1. The molecule has 0 bridgehead atoms. The third-order valence-electron chi connectivity index (χ3n) is 5.71. The van der Waals surface area contributed by atoms with Gasteiger partial charge in [-0.1, -0.05) is 12.8 Å². The molecule has 4 heteroatoms. The number of nitriles is 1. The fourth-order valence-corrected chi connectivity index (χ4v) is 4.12. The maximum atomic E-state index is 9.34. The van der Waals surface area contributed by atoms with Crippen LogP contribution in [0.1, 0.15) is 44.9 Å². The Kier molecular flexibility index (Phi) is 4.30. The Morgan fingerprint density at radius 3 is 2.75 bits per heavy atom. The van der Waals surface area contributed by atoms with E-state index in [2.05, 4.69) is 16.3 Å². The molecule has 0 amide bonds. The smallest absolute Gasteiger partial charge is 0.0710 e.